The topological polar surface area (TPSA) is 6.48 Å². The van der Waals surface area contributed by atoms with Crippen LogP contribution < -0.4 is 0 Å². The molecule has 0 aromatic carbocycles. The fourth-order valence-corrected chi connectivity index (χ4v) is 4.01. The summed E-state index contributed by atoms with van der Waals surface area (Å²) < 4.78 is 3.61. The zero-order valence-corrected chi connectivity index (χ0v) is 12.3. The van der Waals surface area contributed by atoms with Crippen LogP contribution in [0.15, 0.2) is 0 Å². The van der Waals surface area contributed by atoms with Gasteiger partial charge in [-0.25, -0.2) is 4.31 Å². The van der Waals surface area contributed by atoms with Gasteiger partial charge in [0, 0.05) is 26.2 Å². The highest BCUT2D eigenvalue weighted by Gasteiger charge is 2.17. The molecule has 0 amide bonds. The van der Waals surface area contributed by atoms with Crippen LogP contribution in [0.1, 0.15) is 51.4 Å². The molecule has 0 aromatic heterocycles. The molecule has 0 saturated carbocycles. The third-order valence-corrected chi connectivity index (χ3v) is 5.16. The van der Waals surface area contributed by atoms with E-state index in [1.807, 2.05) is 11.9 Å². The maximum absolute atomic E-state index is 5.61. The molecular weight excluding hydrogens is 248 g/mol. The summed E-state index contributed by atoms with van der Waals surface area (Å²) in [7, 11) is 0. The Hall–Kier alpha value is 0.200. The molecular formula is C13H24N2S2. The first kappa shape index (κ1) is 13.6. The lowest BCUT2D eigenvalue weighted by Gasteiger charge is -2.26. The molecule has 2 aliphatic heterocycles. The summed E-state index contributed by atoms with van der Waals surface area (Å²) in [5.41, 5.74) is 0. The predicted octanol–water partition coefficient (Wildman–Crippen LogP) is 3.67. The Bertz CT molecular complexity index is 230. The van der Waals surface area contributed by atoms with Crippen molar-refractivity contribution in [1.29, 1.82) is 0 Å². The second kappa shape index (κ2) is 7.59. The first-order chi connectivity index (χ1) is 8.36. The Morgan fingerprint density at radius 2 is 1.18 bits per heavy atom. The largest absolute Gasteiger partial charge is 0.356 e. The van der Waals surface area contributed by atoms with Crippen molar-refractivity contribution in [2.24, 2.45) is 0 Å². The number of nitrogens with zero attached hydrogens (tertiary/aromatic N) is 2. The molecule has 2 nitrogen and oxygen atoms in total. The van der Waals surface area contributed by atoms with Crippen molar-refractivity contribution < 1.29 is 0 Å². The van der Waals surface area contributed by atoms with Gasteiger partial charge in [0.15, 0.2) is 4.32 Å². The zero-order chi connectivity index (χ0) is 11.9. The van der Waals surface area contributed by atoms with E-state index < -0.39 is 0 Å². The molecule has 0 spiro atoms. The second-order valence-electron chi connectivity index (χ2n) is 5.10. The molecule has 2 fully saturated rings. The number of rotatable bonds is 1. The van der Waals surface area contributed by atoms with Crippen LogP contribution in [0.5, 0.6) is 0 Å². The van der Waals surface area contributed by atoms with Crippen LogP contribution in [0.3, 0.4) is 0 Å². The molecule has 0 N–H and O–H groups in total. The molecule has 0 aliphatic carbocycles. The lowest BCUT2D eigenvalue weighted by atomic mass is 10.2. The minimum atomic E-state index is 1.12. The SMILES string of the molecule is S=C(SN1CCCCCC1)N1CCCCCC1. The van der Waals surface area contributed by atoms with E-state index in [0.29, 0.717) is 0 Å². The summed E-state index contributed by atoms with van der Waals surface area (Å²) in [6, 6.07) is 0. The standard InChI is InChI=1S/C13H24N2S2/c16-13(14-9-5-1-2-6-10-14)17-15-11-7-3-4-8-12-15/h1-12H2. The molecule has 2 saturated heterocycles. The van der Waals surface area contributed by atoms with Crippen molar-refractivity contribution >= 4 is 28.5 Å². The molecule has 98 valence electrons. The lowest BCUT2D eigenvalue weighted by molar-refractivity contribution is 0.445. The third-order valence-electron chi connectivity index (χ3n) is 3.64. The van der Waals surface area contributed by atoms with Gasteiger partial charge in [-0.15, -0.1) is 0 Å². The Morgan fingerprint density at radius 3 is 1.71 bits per heavy atom. The highest BCUT2D eigenvalue weighted by molar-refractivity contribution is 8.21. The summed E-state index contributed by atoms with van der Waals surface area (Å²) in [5, 5.41) is 0. The number of hydrogen-bond acceptors (Lipinski definition) is 3. The molecule has 0 unspecified atom stereocenters. The predicted molar refractivity (Wildman–Crippen MR) is 80.3 cm³/mol. The van der Waals surface area contributed by atoms with Crippen molar-refractivity contribution in [3.8, 4) is 0 Å². The van der Waals surface area contributed by atoms with Crippen LogP contribution in [0.4, 0.5) is 0 Å². The molecule has 0 atom stereocenters. The van der Waals surface area contributed by atoms with E-state index >= 15 is 0 Å². The first-order valence-electron chi connectivity index (χ1n) is 7.08. The maximum atomic E-state index is 5.61. The van der Waals surface area contributed by atoms with E-state index in [0.717, 1.165) is 4.32 Å². The smallest absolute Gasteiger partial charge is 0.151 e. The first-order valence-corrected chi connectivity index (χ1v) is 8.26. The normalized spacial score (nSPS) is 24.1. The molecule has 4 heteroatoms. The fourth-order valence-electron chi connectivity index (χ4n) is 2.55. The van der Waals surface area contributed by atoms with Crippen molar-refractivity contribution in [1.82, 2.24) is 9.21 Å². The van der Waals surface area contributed by atoms with E-state index in [9.17, 15) is 0 Å². The van der Waals surface area contributed by atoms with Gasteiger partial charge >= 0.3 is 0 Å². The van der Waals surface area contributed by atoms with E-state index in [1.54, 1.807) is 0 Å². The summed E-state index contributed by atoms with van der Waals surface area (Å²) in [6.45, 7) is 4.80. The minimum absolute atomic E-state index is 1.12. The van der Waals surface area contributed by atoms with Gasteiger partial charge in [-0.1, -0.05) is 37.9 Å². The fraction of sp³-hybridized carbons (Fsp3) is 0.923. The van der Waals surface area contributed by atoms with Crippen LogP contribution in [0.25, 0.3) is 0 Å². The van der Waals surface area contributed by atoms with Gasteiger partial charge in [-0.05, 0) is 37.6 Å². The third kappa shape index (κ3) is 4.76. The Labute approximate surface area is 115 Å². The van der Waals surface area contributed by atoms with Gasteiger partial charge in [0.25, 0.3) is 0 Å². The van der Waals surface area contributed by atoms with Crippen LogP contribution in [0, 0.1) is 0 Å². The maximum Gasteiger partial charge on any atom is 0.151 e. The summed E-state index contributed by atoms with van der Waals surface area (Å²) in [6.07, 6.45) is 10.9. The van der Waals surface area contributed by atoms with E-state index in [1.165, 1.54) is 77.5 Å². The van der Waals surface area contributed by atoms with E-state index in [-0.39, 0.29) is 0 Å². The van der Waals surface area contributed by atoms with Crippen LogP contribution in [0.2, 0.25) is 0 Å². The average molecular weight is 272 g/mol. The summed E-state index contributed by atoms with van der Waals surface area (Å²) in [5.74, 6) is 0. The van der Waals surface area contributed by atoms with Crippen molar-refractivity contribution in [3.63, 3.8) is 0 Å². The van der Waals surface area contributed by atoms with E-state index in [2.05, 4.69) is 9.21 Å². The molecule has 2 heterocycles. The summed E-state index contributed by atoms with van der Waals surface area (Å²) >= 11 is 7.45. The highest BCUT2D eigenvalue weighted by Crippen LogP contribution is 2.22. The van der Waals surface area contributed by atoms with Crippen LogP contribution in [-0.2, 0) is 0 Å². The van der Waals surface area contributed by atoms with Gasteiger partial charge in [-0.2, -0.15) is 0 Å². The monoisotopic (exact) mass is 272 g/mol. The van der Waals surface area contributed by atoms with Gasteiger partial charge in [-0.3, -0.25) is 0 Å². The molecule has 0 aromatic rings. The Morgan fingerprint density at radius 1 is 0.706 bits per heavy atom. The quantitative estimate of drug-likeness (QED) is 0.530. The summed E-state index contributed by atoms with van der Waals surface area (Å²) in [4.78, 5) is 2.43. The number of hydrogen-bond donors (Lipinski definition) is 0. The van der Waals surface area contributed by atoms with Crippen LogP contribution >= 0.6 is 24.2 Å². The zero-order valence-electron chi connectivity index (χ0n) is 10.7. The number of likely N-dealkylation sites (tertiary alicyclic amines) is 1. The Kier molecular flexibility index (Phi) is 6.09. The molecule has 17 heavy (non-hydrogen) atoms. The van der Waals surface area contributed by atoms with Crippen molar-refractivity contribution in [2.45, 2.75) is 51.4 Å². The second-order valence-corrected chi connectivity index (χ2v) is 6.83. The van der Waals surface area contributed by atoms with Crippen LogP contribution in [-0.4, -0.2) is 39.7 Å². The van der Waals surface area contributed by atoms with Gasteiger partial charge in [0.05, 0.1) is 0 Å². The van der Waals surface area contributed by atoms with Crippen molar-refractivity contribution in [2.75, 3.05) is 26.2 Å². The number of thiocarbonyl (C=S) groups is 1. The van der Waals surface area contributed by atoms with E-state index in [4.69, 9.17) is 12.2 Å². The van der Waals surface area contributed by atoms with Crippen molar-refractivity contribution in [3.05, 3.63) is 0 Å². The molecule has 2 rings (SSSR count). The molecule has 0 radical (unpaired) electrons. The van der Waals surface area contributed by atoms with Gasteiger partial charge < -0.3 is 4.90 Å². The minimum Gasteiger partial charge on any atom is -0.356 e. The van der Waals surface area contributed by atoms with Gasteiger partial charge in [0.1, 0.15) is 0 Å². The molecule has 2 aliphatic rings. The lowest BCUT2D eigenvalue weighted by Crippen LogP contribution is -2.31. The average Bonchev–Trinajstić information content (AvgIpc) is 2.72. The Balaban J connectivity index is 1.77. The molecule has 0 bridgehead atoms. The highest BCUT2D eigenvalue weighted by atomic mass is 32.2. The van der Waals surface area contributed by atoms with Gasteiger partial charge in [0.2, 0.25) is 0 Å².